The number of nitrogens with one attached hydrogen (secondary N) is 1. The summed E-state index contributed by atoms with van der Waals surface area (Å²) < 4.78 is 0. The highest BCUT2D eigenvalue weighted by atomic mass is 79.9. The van der Waals surface area contributed by atoms with Crippen LogP contribution in [0, 0.1) is 13.8 Å². The zero-order valence-electron chi connectivity index (χ0n) is 13.6. The number of halogens is 1. The third kappa shape index (κ3) is 5.24. The molecule has 0 bridgehead atoms. The lowest BCUT2D eigenvalue weighted by Crippen LogP contribution is -2.43. The van der Waals surface area contributed by atoms with E-state index in [1.54, 1.807) is 0 Å². The summed E-state index contributed by atoms with van der Waals surface area (Å²) in [5.41, 5.74) is 4.03. The molecule has 2 aromatic rings. The van der Waals surface area contributed by atoms with Crippen molar-refractivity contribution in [3.8, 4) is 0 Å². The summed E-state index contributed by atoms with van der Waals surface area (Å²) in [6.07, 6.45) is 0. The fourth-order valence-corrected chi connectivity index (χ4v) is 4.02. The van der Waals surface area contributed by atoms with Gasteiger partial charge in [0, 0.05) is 36.0 Å². The maximum Gasteiger partial charge on any atom is 0.0508 e. The van der Waals surface area contributed by atoms with E-state index in [4.69, 9.17) is 0 Å². The summed E-state index contributed by atoms with van der Waals surface area (Å²) in [6, 6.07) is 15.5. The van der Waals surface area contributed by atoms with Crippen LogP contribution in [0.25, 0.3) is 0 Å². The molecule has 0 atom stereocenters. The van der Waals surface area contributed by atoms with Gasteiger partial charge in [-0.1, -0.05) is 30.0 Å². The van der Waals surface area contributed by atoms with E-state index in [-0.39, 0.29) is 22.5 Å². The molecule has 1 saturated heterocycles. The van der Waals surface area contributed by atoms with E-state index >= 15 is 0 Å². The van der Waals surface area contributed by atoms with E-state index in [2.05, 4.69) is 66.5 Å². The van der Waals surface area contributed by atoms with Gasteiger partial charge in [-0.3, -0.25) is 0 Å². The SMILES string of the molecule is Br.Cc1cc(C)cc(Sc2ccccc2N2CCNCC2)c1.O. The number of para-hydroxylation sites is 1. The lowest BCUT2D eigenvalue weighted by molar-refractivity contribution is 0.587. The Morgan fingerprint density at radius 1 is 0.957 bits per heavy atom. The van der Waals surface area contributed by atoms with Crippen molar-refractivity contribution in [3.05, 3.63) is 53.6 Å². The van der Waals surface area contributed by atoms with Crippen LogP contribution >= 0.6 is 28.7 Å². The zero-order chi connectivity index (χ0) is 14.7. The Morgan fingerprint density at radius 3 is 2.22 bits per heavy atom. The topological polar surface area (TPSA) is 46.8 Å². The Hall–Kier alpha value is -1.01. The van der Waals surface area contributed by atoms with Crippen molar-refractivity contribution in [1.82, 2.24) is 5.32 Å². The predicted octanol–water partition coefficient (Wildman–Crippen LogP) is 3.62. The quantitative estimate of drug-likeness (QED) is 0.861. The smallest absolute Gasteiger partial charge is 0.0508 e. The Balaban J connectivity index is 0.00000132. The van der Waals surface area contributed by atoms with Crippen LogP contribution in [0.5, 0.6) is 0 Å². The number of hydrogen-bond acceptors (Lipinski definition) is 3. The molecule has 1 fully saturated rings. The first kappa shape index (κ1) is 20.0. The van der Waals surface area contributed by atoms with Gasteiger partial charge in [0.2, 0.25) is 0 Å². The molecule has 0 saturated carbocycles. The van der Waals surface area contributed by atoms with Crippen LogP contribution in [-0.4, -0.2) is 31.7 Å². The fourth-order valence-electron chi connectivity index (χ4n) is 2.83. The summed E-state index contributed by atoms with van der Waals surface area (Å²) in [5.74, 6) is 0. The maximum absolute atomic E-state index is 3.42. The van der Waals surface area contributed by atoms with Gasteiger partial charge in [0.15, 0.2) is 0 Å². The number of anilines is 1. The molecular formula is C18H25BrN2OS. The van der Waals surface area contributed by atoms with Crippen LogP contribution in [-0.2, 0) is 0 Å². The van der Waals surface area contributed by atoms with Crippen LogP contribution in [0.15, 0.2) is 52.3 Å². The molecule has 0 aliphatic carbocycles. The molecule has 1 aliphatic rings. The largest absolute Gasteiger partial charge is 0.412 e. The first-order valence-corrected chi connectivity index (χ1v) is 8.35. The van der Waals surface area contributed by atoms with Gasteiger partial charge in [-0.25, -0.2) is 0 Å². The Labute approximate surface area is 153 Å². The van der Waals surface area contributed by atoms with E-state index in [0.717, 1.165) is 26.2 Å². The Morgan fingerprint density at radius 2 is 1.57 bits per heavy atom. The summed E-state index contributed by atoms with van der Waals surface area (Å²) >= 11 is 1.87. The second-order valence-electron chi connectivity index (χ2n) is 5.63. The molecule has 0 spiro atoms. The Kier molecular flexibility index (Phi) is 8.12. The monoisotopic (exact) mass is 396 g/mol. The van der Waals surface area contributed by atoms with E-state index in [9.17, 15) is 0 Å². The number of hydrogen-bond donors (Lipinski definition) is 1. The minimum absolute atomic E-state index is 0. The number of piperazine rings is 1. The molecule has 1 heterocycles. The highest BCUT2D eigenvalue weighted by molar-refractivity contribution is 8.93. The second-order valence-corrected chi connectivity index (χ2v) is 6.75. The molecule has 0 aromatic heterocycles. The van der Waals surface area contributed by atoms with Gasteiger partial charge in [0.05, 0.1) is 5.69 Å². The van der Waals surface area contributed by atoms with Crippen molar-refractivity contribution >= 4 is 34.4 Å². The predicted molar refractivity (Wildman–Crippen MR) is 105 cm³/mol. The van der Waals surface area contributed by atoms with Gasteiger partial charge >= 0.3 is 0 Å². The van der Waals surface area contributed by atoms with Crippen LogP contribution < -0.4 is 10.2 Å². The second kappa shape index (κ2) is 9.33. The molecule has 0 amide bonds. The number of nitrogens with zero attached hydrogens (tertiary/aromatic N) is 1. The maximum atomic E-state index is 3.42. The van der Waals surface area contributed by atoms with Gasteiger partial charge in [-0.05, 0) is 49.2 Å². The van der Waals surface area contributed by atoms with Crippen LogP contribution in [0.4, 0.5) is 5.69 Å². The molecule has 0 radical (unpaired) electrons. The van der Waals surface area contributed by atoms with Crippen molar-refractivity contribution < 1.29 is 5.48 Å². The molecule has 126 valence electrons. The molecule has 3 rings (SSSR count). The van der Waals surface area contributed by atoms with Crippen molar-refractivity contribution in [3.63, 3.8) is 0 Å². The summed E-state index contributed by atoms with van der Waals surface area (Å²) in [5, 5.41) is 3.42. The van der Waals surface area contributed by atoms with Gasteiger partial charge in [-0.15, -0.1) is 17.0 Å². The molecule has 2 aromatic carbocycles. The first-order valence-electron chi connectivity index (χ1n) is 7.53. The fraction of sp³-hybridized carbons (Fsp3) is 0.333. The lowest BCUT2D eigenvalue weighted by atomic mass is 10.2. The molecule has 23 heavy (non-hydrogen) atoms. The van der Waals surface area contributed by atoms with Gasteiger partial charge in [-0.2, -0.15) is 0 Å². The summed E-state index contributed by atoms with van der Waals surface area (Å²) in [6.45, 7) is 8.65. The van der Waals surface area contributed by atoms with Crippen LogP contribution in [0.2, 0.25) is 0 Å². The van der Waals surface area contributed by atoms with Gasteiger partial charge in [0.1, 0.15) is 0 Å². The van der Waals surface area contributed by atoms with Crippen molar-refractivity contribution in [2.75, 3.05) is 31.1 Å². The standard InChI is InChI=1S/C18H22N2S.BrH.H2O/c1-14-11-15(2)13-16(12-14)21-18-6-4-3-5-17(18)20-9-7-19-8-10-20;;/h3-6,11-13,19H,7-10H2,1-2H3;1H;1H2. The van der Waals surface area contributed by atoms with Crippen molar-refractivity contribution in [1.29, 1.82) is 0 Å². The average molecular weight is 397 g/mol. The highest BCUT2D eigenvalue weighted by Crippen LogP contribution is 2.36. The minimum Gasteiger partial charge on any atom is -0.412 e. The van der Waals surface area contributed by atoms with Crippen molar-refractivity contribution in [2.24, 2.45) is 0 Å². The number of benzene rings is 2. The first-order chi connectivity index (χ1) is 10.2. The third-order valence-corrected chi connectivity index (χ3v) is 4.78. The van der Waals surface area contributed by atoms with E-state index in [1.807, 2.05) is 11.8 Å². The lowest BCUT2D eigenvalue weighted by Gasteiger charge is -2.31. The van der Waals surface area contributed by atoms with E-state index < -0.39 is 0 Å². The number of aryl methyl sites for hydroxylation is 2. The Bertz CT molecular complexity index is 610. The summed E-state index contributed by atoms with van der Waals surface area (Å²) in [4.78, 5) is 5.17. The van der Waals surface area contributed by atoms with E-state index in [1.165, 1.54) is 26.6 Å². The highest BCUT2D eigenvalue weighted by Gasteiger charge is 2.14. The molecule has 3 N–H and O–H groups in total. The molecule has 3 nitrogen and oxygen atoms in total. The van der Waals surface area contributed by atoms with Gasteiger partial charge in [0.25, 0.3) is 0 Å². The molecular weight excluding hydrogens is 372 g/mol. The van der Waals surface area contributed by atoms with E-state index in [0.29, 0.717) is 0 Å². The molecule has 1 aliphatic heterocycles. The summed E-state index contributed by atoms with van der Waals surface area (Å²) in [7, 11) is 0. The molecule has 0 unspecified atom stereocenters. The minimum atomic E-state index is 0. The van der Waals surface area contributed by atoms with Crippen LogP contribution in [0.1, 0.15) is 11.1 Å². The average Bonchev–Trinajstić information content (AvgIpc) is 2.48. The molecule has 5 heteroatoms. The van der Waals surface area contributed by atoms with Crippen LogP contribution in [0.3, 0.4) is 0 Å². The number of rotatable bonds is 3. The van der Waals surface area contributed by atoms with Crippen molar-refractivity contribution in [2.45, 2.75) is 23.6 Å². The van der Waals surface area contributed by atoms with Gasteiger partial charge < -0.3 is 15.7 Å². The zero-order valence-corrected chi connectivity index (χ0v) is 16.2. The normalized spacial score (nSPS) is 13.9. The third-order valence-electron chi connectivity index (χ3n) is 3.75.